The van der Waals surface area contributed by atoms with Gasteiger partial charge in [0, 0.05) is 11.1 Å². The molecule has 3 heteroatoms. The molecular formula is C15H15NO2. The Balaban J connectivity index is 2.45. The van der Waals surface area contributed by atoms with Gasteiger partial charge in [-0.25, -0.2) is 4.79 Å². The van der Waals surface area contributed by atoms with Crippen LogP contribution in [0.4, 0.5) is 0 Å². The molecule has 1 aliphatic carbocycles. The first-order valence-corrected chi connectivity index (χ1v) is 6.39. The van der Waals surface area contributed by atoms with E-state index in [0.717, 1.165) is 53.4 Å². The number of pyridine rings is 1. The molecule has 0 fully saturated rings. The predicted octanol–water partition coefficient (Wildman–Crippen LogP) is 2.98. The summed E-state index contributed by atoms with van der Waals surface area (Å²) in [4.78, 5) is 16.3. The van der Waals surface area contributed by atoms with Crippen molar-refractivity contribution in [3.8, 4) is 0 Å². The van der Waals surface area contributed by atoms with Gasteiger partial charge in [0.2, 0.25) is 0 Å². The summed E-state index contributed by atoms with van der Waals surface area (Å²) in [6, 6.07) is 5.84. The lowest BCUT2D eigenvalue weighted by Crippen LogP contribution is -2.06. The van der Waals surface area contributed by atoms with Crippen LogP contribution in [0.1, 0.15) is 40.5 Å². The van der Waals surface area contributed by atoms with Gasteiger partial charge in [-0.2, -0.15) is 0 Å². The Morgan fingerprint density at radius 3 is 2.94 bits per heavy atom. The van der Waals surface area contributed by atoms with Gasteiger partial charge in [0.1, 0.15) is 0 Å². The Hall–Kier alpha value is -1.90. The Bertz CT molecular complexity index is 646. The second-order valence-electron chi connectivity index (χ2n) is 4.74. The Morgan fingerprint density at radius 1 is 1.39 bits per heavy atom. The van der Waals surface area contributed by atoms with Crippen LogP contribution in [0.25, 0.3) is 10.9 Å². The third-order valence-corrected chi connectivity index (χ3v) is 3.72. The highest BCUT2D eigenvalue weighted by atomic mass is 16.4. The summed E-state index contributed by atoms with van der Waals surface area (Å²) >= 11 is 0. The van der Waals surface area contributed by atoms with Crippen molar-refractivity contribution in [1.82, 2.24) is 4.98 Å². The fourth-order valence-corrected chi connectivity index (χ4v) is 2.87. The lowest BCUT2D eigenvalue weighted by molar-refractivity contribution is 0.0698. The van der Waals surface area contributed by atoms with Crippen LogP contribution in [0.5, 0.6) is 0 Å². The molecule has 0 radical (unpaired) electrons. The van der Waals surface area contributed by atoms with Crippen molar-refractivity contribution in [1.29, 1.82) is 0 Å². The van der Waals surface area contributed by atoms with Crippen LogP contribution in [0.2, 0.25) is 0 Å². The van der Waals surface area contributed by atoms with Gasteiger partial charge >= 0.3 is 5.97 Å². The van der Waals surface area contributed by atoms with Crippen LogP contribution in [0, 0.1) is 0 Å². The summed E-state index contributed by atoms with van der Waals surface area (Å²) in [5, 5.41) is 10.3. The molecule has 0 atom stereocenters. The van der Waals surface area contributed by atoms with E-state index in [-0.39, 0.29) is 0 Å². The molecular weight excluding hydrogens is 226 g/mol. The number of aromatic carboxylic acids is 1. The van der Waals surface area contributed by atoms with Gasteiger partial charge < -0.3 is 5.11 Å². The predicted molar refractivity (Wildman–Crippen MR) is 70.1 cm³/mol. The van der Waals surface area contributed by atoms with Crippen molar-refractivity contribution >= 4 is 16.9 Å². The zero-order valence-corrected chi connectivity index (χ0v) is 10.4. The Morgan fingerprint density at radius 2 is 2.22 bits per heavy atom. The van der Waals surface area contributed by atoms with Crippen molar-refractivity contribution in [3.63, 3.8) is 0 Å². The quantitative estimate of drug-likeness (QED) is 0.879. The molecule has 0 aliphatic heterocycles. The summed E-state index contributed by atoms with van der Waals surface area (Å²) in [6.45, 7) is 2.07. The van der Waals surface area contributed by atoms with Crippen LogP contribution in [-0.4, -0.2) is 16.1 Å². The highest BCUT2D eigenvalue weighted by Gasteiger charge is 2.23. The average molecular weight is 241 g/mol. The van der Waals surface area contributed by atoms with Crippen LogP contribution in [0.3, 0.4) is 0 Å². The third kappa shape index (κ3) is 1.50. The summed E-state index contributed by atoms with van der Waals surface area (Å²) < 4.78 is 0. The number of aromatic nitrogens is 1. The van der Waals surface area contributed by atoms with Crippen molar-refractivity contribution in [2.45, 2.75) is 32.6 Å². The molecule has 1 N–H and O–H groups in total. The maximum atomic E-state index is 11.5. The average Bonchev–Trinajstić information content (AvgIpc) is 2.82. The first kappa shape index (κ1) is 11.2. The number of nitrogens with zero attached hydrogens (tertiary/aromatic N) is 1. The number of benzene rings is 1. The molecule has 0 spiro atoms. The summed E-state index contributed by atoms with van der Waals surface area (Å²) in [6.07, 6.45) is 3.64. The molecule has 3 nitrogen and oxygen atoms in total. The van der Waals surface area contributed by atoms with E-state index in [1.165, 1.54) is 0 Å². The molecule has 1 heterocycles. The van der Waals surface area contributed by atoms with Crippen LogP contribution in [-0.2, 0) is 19.3 Å². The lowest BCUT2D eigenvalue weighted by atomic mass is 9.98. The second-order valence-corrected chi connectivity index (χ2v) is 4.74. The van der Waals surface area contributed by atoms with Crippen molar-refractivity contribution < 1.29 is 9.90 Å². The van der Waals surface area contributed by atoms with Gasteiger partial charge in [0.05, 0.1) is 11.1 Å². The van der Waals surface area contributed by atoms with E-state index in [4.69, 9.17) is 4.98 Å². The summed E-state index contributed by atoms with van der Waals surface area (Å²) in [5.74, 6) is -0.825. The van der Waals surface area contributed by atoms with E-state index in [0.29, 0.717) is 5.56 Å². The highest BCUT2D eigenvalue weighted by molar-refractivity contribution is 6.05. The Labute approximate surface area is 105 Å². The molecule has 0 unspecified atom stereocenters. The number of hydrogen-bond acceptors (Lipinski definition) is 2. The minimum atomic E-state index is -0.825. The molecule has 2 aromatic rings. The molecule has 0 bridgehead atoms. The van der Waals surface area contributed by atoms with Crippen LogP contribution < -0.4 is 0 Å². The Kier molecular flexibility index (Phi) is 2.54. The van der Waals surface area contributed by atoms with E-state index in [2.05, 4.69) is 6.92 Å². The zero-order valence-electron chi connectivity index (χ0n) is 10.4. The monoisotopic (exact) mass is 241 g/mol. The molecule has 0 saturated heterocycles. The van der Waals surface area contributed by atoms with Crippen molar-refractivity contribution in [2.75, 3.05) is 0 Å². The maximum absolute atomic E-state index is 11.5. The van der Waals surface area contributed by atoms with E-state index >= 15 is 0 Å². The number of aryl methyl sites for hydroxylation is 2. The van der Waals surface area contributed by atoms with Gasteiger partial charge in [-0.05, 0) is 36.8 Å². The highest BCUT2D eigenvalue weighted by Crippen LogP contribution is 2.31. The van der Waals surface area contributed by atoms with Gasteiger partial charge in [-0.15, -0.1) is 0 Å². The van der Waals surface area contributed by atoms with Gasteiger partial charge in [0.15, 0.2) is 0 Å². The topological polar surface area (TPSA) is 50.2 Å². The minimum absolute atomic E-state index is 0.475. The van der Waals surface area contributed by atoms with E-state index in [1.54, 1.807) is 0 Å². The van der Waals surface area contributed by atoms with E-state index in [1.807, 2.05) is 18.2 Å². The first-order chi connectivity index (χ1) is 8.72. The zero-order chi connectivity index (χ0) is 12.7. The standard InChI is InChI=1S/C15H15NO2/c1-2-9-5-3-7-11-13(15(17)18)10-6-4-8-12(10)16-14(9)11/h3,5,7H,2,4,6,8H2,1H3,(H,17,18). The molecule has 3 rings (SSSR count). The normalized spacial score (nSPS) is 13.8. The molecule has 1 aliphatic rings. The molecule has 1 aromatic heterocycles. The molecule has 0 saturated carbocycles. The number of carboxylic acids is 1. The number of hydrogen-bond donors (Lipinski definition) is 1. The number of carbonyl (C=O) groups is 1. The van der Waals surface area contributed by atoms with Crippen molar-refractivity contribution in [2.24, 2.45) is 0 Å². The summed E-state index contributed by atoms with van der Waals surface area (Å²) in [7, 11) is 0. The van der Waals surface area contributed by atoms with Crippen molar-refractivity contribution in [3.05, 3.63) is 40.6 Å². The molecule has 92 valence electrons. The molecule has 18 heavy (non-hydrogen) atoms. The maximum Gasteiger partial charge on any atom is 0.336 e. The lowest BCUT2D eigenvalue weighted by Gasteiger charge is -2.11. The van der Waals surface area contributed by atoms with Crippen LogP contribution >= 0.6 is 0 Å². The second kappa shape index (κ2) is 4.09. The van der Waals surface area contributed by atoms with Gasteiger partial charge in [0.25, 0.3) is 0 Å². The smallest absolute Gasteiger partial charge is 0.336 e. The number of fused-ring (bicyclic) bond motifs is 2. The number of carboxylic acid groups (broad SMARTS) is 1. The molecule has 1 aromatic carbocycles. The van der Waals surface area contributed by atoms with E-state index < -0.39 is 5.97 Å². The van der Waals surface area contributed by atoms with Gasteiger partial charge in [-0.1, -0.05) is 25.1 Å². The van der Waals surface area contributed by atoms with Crippen LogP contribution in [0.15, 0.2) is 18.2 Å². The fraction of sp³-hybridized carbons (Fsp3) is 0.333. The third-order valence-electron chi connectivity index (χ3n) is 3.72. The van der Waals surface area contributed by atoms with Gasteiger partial charge in [-0.3, -0.25) is 4.98 Å². The minimum Gasteiger partial charge on any atom is -0.478 e. The van der Waals surface area contributed by atoms with E-state index in [9.17, 15) is 9.90 Å². The fourth-order valence-electron chi connectivity index (χ4n) is 2.87. The molecule has 0 amide bonds. The first-order valence-electron chi connectivity index (χ1n) is 6.39. The largest absolute Gasteiger partial charge is 0.478 e. The number of para-hydroxylation sites is 1. The summed E-state index contributed by atoms with van der Waals surface area (Å²) in [5.41, 5.74) is 4.41. The number of rotatable bonds is 2. The SMILES string of the molecule is CCc1cccc2c(C(=O)O)c3c(nc12)CCC3.